The molecule has 0 aromatic heterocycles. The zero-order chi connectivity index (χ0) is 35.9. The Morgan fingerprint density at radius 1 is 0.587 bits per heavy atom. The Labute approximate surface area is 284 Å². The van der Waals surface area contributed by atoms with Crippen LogP contribution in [0.25, 0.3) is 0 Å². The van der Waals surface area contributed by atoms with Gasteiger partial charge in [0.2, 0.25) is 0 Å². The zero-order valence-corrected chi connectivity index (χ0v) is 33.3. The van der Waals surface area contributed by atoms with E-state index in [2.05, 4.69) is 105 Å². The van der Waals surface area contributed by atoms with Crippen molar-refractivity contribution in [3.05, 3.63) is 0 Å². The summed E-state index contributed by atoms with van der Waals surface area (Å²) < 4.78 is 42.1. The molecular formula is C38H77F3N4O. The highest BCUT2D eigenvalue weighted by Crippen LogP contribution is 2.44. The summed E-state index contributed by atoms with van der Waals surface area (Å²) in [5.41, 5.74) is 1.49. The average molecular weight is 663 g/mol. The van der Waals surface area contributed by atoms with Crippen LogP contribution in [0.3, 0.4) is 0 Å². The van der Waals surface area contributed by atoms with E-state index in [4.69, 9.17) is 4.74 Å². The van der Waals surface area contributed by atoms with E-state index in [1.54, 1.807) is 4.90 Å². The van der Waals surface area contributed by atoms with E-state index in [9.17, 15) is 13.2 Å². The van der Waals surface area contributed by atoms with Crippen molar-refractivity contribution in [2.75, 3.05) is 66.1 Å². The second kappa shape index (κ2) is 17.0. The van der Waals surface area contributed by atoms with Crippen LogP contribution in [-0.2, 0) is 4.74 Å². The SMILES string of the molecule is CC(C)(C)C1CC1.CC(C)(C)N1CC(F)(F)C1.CC(C)(C)N1CC(F)C1.CC(C)(C)N1CCOCC1.CN1CCCC1C(C)(C)C. The van der Waals surface area contributed by atoms with Gasteiger partial charge in [-0.2, -0.15) is 0 Å². The van der Waals surface area contributed by atoms with Gasteiger partial charge in [-0.1, -0.05) is 41.5 Å². The maximum absolute atomic E-state index is 12.3. The summed E-state index contributed by atoms with van der Waals surface area (Å²) in [6, 6.07) is 0.812. The molecule has 0 bridgehead atoms. The van der Waals surface area contributed by atoms with E-state index >= 15 is 0 Å². The van der Waals surface area contributed by atoms with E-state index < -0.39 is 12.1 Å². The molecule has 0 amide bonds. The summed E-state index contributed by atoms with van der Waals surface area (Å²) in [6.45, 7) is 39.3. The Hall–Kier alpha value is -0.410. The van der Waals surface area contributed by atoms with E-state index in [0.29, 0.717) is 29.5 Å². The lowest BCUT2D eigenvalue weighted by atomic mass is 9.85. The maximum atomic E-state index is 12.3. The van der Waals surface area contributed by atoms with Gasteiger partial charge in [-0.3, -0.25) is 14.7 Å². The first-order chi connectivity index (χ1) is 20.5. The molecule has 0 aromatic rings. The van der Waals surface area contributed by atoms with Crippen molar-refractivity contribution >= 4 is 0 Å². The number of hydrogen-bond acceptors (Lipinski definition) is 5. The highest BCUT2D eigenvalue weighted by molar-refractivity contribution is 4.94. The van der Waals surface area contributed by atoms with Crippen LogP contribution in [0, 0.1) is 16.7 Å². The average Bonchev–Trinajstić information content (AvgIpc) is 3.62. The summed E-state index contributed by atoms with van der Waals surface area (Å²) in [6.07, 6.45) is 5.16. The number of rotatable bonds is 0. The first-order valence-corrected chi connectivity index (χ1v) is 18.1. The predicted molar refractivity (Wildman–Crippen MR) is 192 cm³/mol. The third-order valence-corrected chi connectivity index (χ3v) is 9.86. The number of hydrogen-bond donors (Lipinski definition) is 0. The standard InChI is InChI=1S/C9H19N.C8H17NO.C7H13F2N.C7H14FN.C7H14/c1-9(2,3)8-6-5-7-10(8)4;1-8(2,3)9-4-6-10-7-5-9;1-6(2,3)10-4-7(8,9)5-10;1-7(2,3)9-4-6(8)5-9;1-7(2,3)6-4-5-6/h8H,5-7H2,1-4H3;4-7H2,1-3H3;4-5H2,1-3H3;6H,4-5H2,1-3H3;6H,4-5H2,1-3H3. The Bertz CT molecular complexity index is 840. The van der Waals surface area contributed by atoms with E-state index in [-0.39, 0.29) is 24.2 Å². The quantitative estimate of drug-likeness (QED) is 0.258. The highest BCUT2D eigenvalue weighted by atomic mass is 19.3. The first-order valence-electron chi connectivity index (χ1n) is 18.1. The Morgan fingerprint density at radius 3 is 1.17 bits per heavy atom. The molecule has 5 rings (SSSR count). The smallest absolute Gasteiger partial charge is 0.272 e. The van der Waals surface area contributed by atoms with Gasteiger partial charge < -0.3 is 9.64 Å². The molecule has 0 spiro atoms. The van der Waals surface area contributed by atoms with E-state index in [0.717, 1.165) is 38.3 Å². The molecule has 5 nitrogen and oxygen atoms in total. The minimum atomic E-state index is -2.42. The lowest BCUT2D eigenvalue weighted by Gasteiger charge is -2.47. The zero-order valence-electron chi connectivity index (χ0n) is 33.3. The summed E-state index contributed by atoms with van der Waals surface area (Å²) in [4.78, 5) is 8.85. The fourth-order valence-corrected chi connectivity index (χ4v) is 6.15. The second-order valence-electron chi connectivity index (χ2n) is 19.5. The normalized spacial score (nSPS) is 25.2. The maximum Gasteiger partial charge on any atom is 0.272 e. The number of likely N-dealkylation sites (tertiary alicyclic amines) is 3. The highest BCUT2D eigenvalue weighted by Gasteiger charge is 2.47. The Kier molecular flexibility index (Phi) is 16.1. The van der Waals surface area contributed by atoms with Crippen LogP contribution in [0.15, 0.2) is 0 Å². The lowest BCUT2D eigenvalue weighted by Crippen LogP contribution is -2.62. The fraction of sp³-hybridized carbons (Fsp3) is 1.00. The molecule has 0 radical (unpaired) electrons. The van der Waals surface area contributed by atoms with Gasteiger partial charge in [0, 0.05) is 48.8 Å². The summed E-state index contributed by atoms with van der Waals surface area (Å²) in [7, 11) is 2.24. The molecule has 8 heteroatoms. The van der Waals surface area contributed by atoms with Crippen molar-refractivity contribution in [1.29, 1.82) is 0 Å². The Morgan fingerprint density at radius 2 is 1.02 bits per heavy atom. The van der Waals surface area contributed by atoms with Crippen LogP contribution in [0.2, 0.25) is 0 Å². The molecule has 5 fully saturated rings. The van der Waals surface area contributed by atoms with Gasteiger partial charge in [0.25, 0.3) is 5.92 Å². The van der Waals surface area contributed by atoms with Crippen LogP contribution in [0.4, 0.5) is 13.2 Å². The molecule has 4 saturated heterocycles. The van der Waals surface area contributed by atoms with Gasteiger partial charge in [0.05, 0.1) is 26.3 Å². The molecule has 276 valence electrons. The number of morpholine rings is 1. The van der Waals surface area contributed by atoms with E-state index in [1.807, 2.05) is 20.8 Å². The van der Waals surface area contributed by atoms with Gasteiger partial charge in [0.1, 0.15) is 6.17 Å². The monoisotopic (exact) mass is 663 g/mol. The molecule has 4 aliphatic heterocycles. The predicted octanol–water partition coefficient (Wildman–Crippen LogP) is 8.86. The van der Waals surface area contributed by atoms with Crippen molar-refractivity contribution in [1.82, 2.24) is 19.6 Å². The second-order valence-corrected chi connectivity index (χ2v) is 19.5. The van der Waals surface area contributed by atoms with Gasteiger partial charge in [-0.15, -0.1) is 0 Å². The third-order valence-electron chi connectivity index (χ3n) is 9.86. The molecule has 1 saturated carbocycles. The lowest BCUT2D eigenvalue weighted by molar-refractivity contribution is -0.160. The molecule has 4 heterocycles. The van der Waals surface area contributed by atoms with Crippen LogP contribution in [-0.4, -0.2) is 120 Å². The number of ether oxygens (including phenoxy) is 1. The van der Waals surface area contributed by atoms with Crippen molar-refractivity contribution in [3.8, 4) is 0 Å². The summed E-state index contributed by atoms with van der Waals surface area (Å²) in [5.74, 6) is -1.37. The molecule has 0 N–H and O–H groups in total. The van der Waals surface area contributed by atoms with Gasteiger partial charge >= 0.3 is 0 Å². The van der Waals surface area contributed by atoms with Crippen LogP contribution >= 0.6 is 0 Å². The molecule has 46 heavy (non-hydrogen) atoms. The van der Waals surface area contributed by atoms with Crippen LogP contribution < -0.4 is 0 Å². The summed E-state index contributed by atoms with van der Waals surface area (Å²) >= 11 is 0. The topological polar surface area (TPSA) is 22.2 Å². The number of halogens is 3. The van der Waals surface area contributed by atoms with Gasteiger partial charge in [-0.05, 0) is 118 Å². The molecule has 1 aliphatic carbocycles. The third kappa shape index (κ3) is 16.8. The van der Waals surface area contributed by atoms with Crippen LogP contribution in [0.1, 0.15) is 130 Å². The minimum absolute atomic E-state index is 0.0729. The first kappa shape index (κ1) is 43.6. The molecular weight excluding hydrogens is 585 g/mol. The van der Waals surface area contributed by atoms with Crippen molar-refractivity contribution in [2.24, 2.45) is 16.7 Å². The molecule has 1 unspecified atom stereocenters. The minimum Gasteiger partial charge on any atom is -0.379 e. The number of alkyl halides is 3. The van der Waals surface area contributed by atoms with Gasteiger partial charge in [-0.25, -0.2) is 13.2 Å². The number of nitrogens with zero attached hydrogens (tertiary/aromatic N) is 4. The van der Waals surface area contributed by atoms with Crippen molar-refractivity contribution in [3.63, 3.8) is 0 Å². The van der Waals surface area contributed by atoms with Crippen molar-refractivity contribution < 1.29 is 17.9 Å². The Balaban J connectivity index is 0.000000289. The van der Waals surface area contributed by atoms with Gasteiger partial charge in [0.15, 0.2) is 0 Å². The molecule has 0 aromatic carbocycles. The summed E-state index contributed by atoms with van der Waals surface area (Å²) in [5, 5.41) is 0. The molecule has 5 aliphatic rings. The fourth-order valence-electron chi connectivity index (χ4n) is 6.15. The molecule has 1 atom stereocenters. The van der Waals surface area contributed by atoms with E-state index in [1.165, 1.54) is 32.2 Å². The largest absolute Gasteiger partial charge is 0.379 e. The van der Waals surface area contributed by atoms with Crippen LogP contribution in [0.5, 0.6) is 0 Å². The van der Waals surface area contributed by atoms with Crippen molar-refractivity contribution in [2.45, 2.75) is 164 Å².